The van der Waals surface area contributed by atoms with Gasteiger partial charge in [-0.05, 0) is 36.4 Å². The molecule has 1 aliphatic rings. The van der Waals surface area contributed by atoms with Crippen LogP contribution in [-0.4, -0.2) is 61.9 Å². The highest BCUT2D eigenvalue weighted by molar-refractivity contribution is 5.77. The summed E-state index contributed by atoms with van der Waals surface area (Å²) in [6.07, 6.45) is 2.03. The van der Waals surface area contributed by atoms with Crippen LogP contribution >= 0.6 is 0 Å². The molecule has 7 heteroatoms. The molecule has 0 aliphatic carbocycles. The van der Waals surface area contributed by atoms with Crippen molar-refractivity contribution in [2.45, 2.75) is 6.04 Å². The third-order valence-corrected chi connectivity index (χ3v) is 4.73. The molecule has 146 valence electrons. The minimum absolute atomic E-state index is 0.0186. The van der Waals surface area contributed by atoms with E-state index >= 15 is 0 Å². The van der Waals surface area contributed by atoms with Crippen molar-refractivity contribution in [1.29, 1.82) is 0 Å². The predicted octanol–water partition coefficient (Wildman–Crippen LogP) is 1.60. The average Bonchev–Trinajstić information content (AvgIpc) is 3.13. The van der Waals surface area contributed by atoms with Crippen LogP contribution in [0.15, 0.2) is 42.6 Å². The van der Waals surface area contributed by atoms with Gasteiger partial charge in [0.1, 0.15) is 11.5 Å². The maximum atomic E-state index is 12.3. The Morgan fingerprint density at radius 3 is 2.52 bits per heavy atom. The molecular weight excluding hydrogens is 346 g/mol. The van der Waals surface area contributed by atoms with E-state index in [1.54, 1.807) is 31.4 Å². The molecule has 1 atom stereocenters. The number of carbonyl (C=O) groups is 1. The zero-order chi connectivity index (χ0) is 19.1. The molecule has 1 fully saturated rings. The summed E-state index contributed by atoms with van der Waals surface area (Å²) in [6.45, 7) is 3.66. The summed E-state index contributed by atoms with van der Waals surface area (Å²) in [5.41, 5.74) is 1.17. The lowest BCUT2D eigenvalue weighted by molar-refractivity contribution is -0.123. The Morgan fingerprint density at radius 1 is 1.19 bits per heavy atom. The van der Waals surface area contributed by atoms with Gasteiger partial charge in [-0.15, -0.1) is 0 Å². The van der Waals surface area contributed by atoms with Gasteiger partial charge in [-0.2, -0.15) is 0 Å². The third kappa shape index (κ3) is 5.24. The largest absolute Gasteiger partial charge is 0.497 e. The minimum Gasteiger partial charge on any atom is -0.497 e. The highest BCUT2D eigenvalue weighted by atomic mass is 16.5. The van der Waals surface area contributed by atoms with Crippen LogP contribution < -0.4 is 14.8 Å². The quantitative estimate of drug-likeness (QED) is 0.762. The van der Waals surface area contributed by atoms with Crippen LogP contribution in [0.25, 0.3) is 0 Å². The van der Waals surface area contributed by atoms with Crippen LogP contribution in [0.5, 0.6) is 11.5 Å². The lowest BCUT2D eigenvalue weighted by Gasteiger charge is -2.34. The van der Waals surface area contributed by atoms with Gasteiger partial charge in [0, 0.05) is 38.6 Å². The minimum atomic E-state index is -0.140. The van der Waals surface area contributed by atoms with Gasteiger partial charge in [0.15, 0.2) is 6.61 Å². The predicted molar refractivity (Wildman–Crippen MR) is 102 cm³/mol. The molecule has 1 amide bonds. The second-order valence-electron chi connectivity index (χ2n) is 6.48. The Bertz CT molecular complexity index is 723. The molecule has 0 spiro atoms. The van der Waals surface area contributed by atoms with Crippen LogP contribution in [0, 0.1) is 0 Å². The molecule has 1 N–H and O–H groups in total. The summed E-state index contributed by atoms with van der Waals surface area (Å²) in [5.74, 6) is 1.25. The van der Waals surface area contributed by atoms with E-state index in [4.69, 9.17) is 14.2 Å². The van der Waals surface area contributed by atoms with E-state index in [0.717, 1.165) is 32.1 Å². The normalized spacial score (nSPS) is 15.9. The van der Waals surface area contributed by atoms with Crippen molar-refractivity contribution in [3.8, 4) is 11.5 Å². The van der Waals surface area contributed by atoms with E-state index in [-0.39, 0.29) is 18.6 Å². The molecule has 0 bridgehead atoms. The molecule has 1 aliphatic heterocycles. The van der Waals surface area contributed by atoms with Crippen LogP contribution in [0.1, 0.15) is 11.7 Å². The Balaban J connectivity index is 1.54. The van der Waals surface area contributed by atoms with E-state index in [1.807, 2.05) is 19.3 Å². The highest BCUT2D eigenvalue weighted by Gasteiger charge is 2.24. The number of nitrogens with zero attached hydrogens (tertiary/aromatic N) is 2. The molecule has 1 aromatic heterocycles. The number of carbonyl (C=O) groups excluding carboxylic acids is 1. The molecule has 27 heavy (non-hydrogen) atoms. The summed E-state index contributed by atoms with van der Waals surface area (Å²) in [7, 11) is 3.64. The lowest BCUT2D eigenvalue weighted by Crippen LogP contribution is -2.45. The topological polar surface area (TPSA) is 65.0 Å². The first-order valence-corrected chi connectivity index (χ1v) is 9.14. The number of ether oxygens (including phenoxy) is 3. The molecule has 1 saturated heterocycles. The number of methoxy groups -OCH3 is 1. The molecule has 0 radical (unpaired) electrons. The Kier molecular flexibility index (Phi) is 6.73. The van der Waals surface area contributed by atoms with Gasteiger partial charge in [-0.25, -0.2) is 0 Å². The SMILES string of the molecule is COc1ccc(OCC(=O)NCC(c2cccn2C)N2CCOCC2)cc1. The lowest BCUT2D eigenvalue weighted by atomic mass is 10.1. The van der Waals surface area contributed by atoms with E-state index in [2.05, 4.69) is 20.9 Å². The molecule has 7 nitrogen and oxygen atoms in total. The zero-order valence-corrected chi connectivity index (χ0v) is 15.9. The van der Waals surface area contributed by atoms with Gasteiger partial charge in [0.05, 0.1) is 26.4 Å². The molecule has 1 unspecified atom stereocenters. The molecular formula is C20H27N3O4. The van der Waals surface area contributed by atoms with Crippen molar-refractivity contribution in [3.05, 3.63) is 48.3 Å². The van der Waals surface area contributed by atoms with Crippen molar-refractivity contribution in [2.75, 3.05) is 46.6 Å². The summed E-state index contributed by atoms with van der Waals surface area (Å²) >= 11 is 0. The summed E-state index contributed by atoms with van der Waals surface area (Å²) < 4.78 is 18.2. The van der Waals surface area contributed by atoms with E-state index in [9.17, 15) is 4.79 Å². The van der Waals surface area contributed by atoms with Gasteiger partial charge in [0.2, 0.25) is 0 Å². The summed E-state index contributed by atoms with van der Waals surface area (Å²) in [4.78, 5) is 14.6. The number of hydrogen-bond acceptors (Lipinski definition) is 5. The van der Waals surface area contributed by atoms with Gasteiger partial charge in [-0.1, -0.05) is 0 Å². The number of hydrogen-bond donors (Lipinski definition) is 1. The first-order valence-electron chi connectivity index (χ1n) is 9.14. The maximum Gasteiger partial charge on any atom is 0.258 e. The fourth-order valence-corrected chi connectivity index (χ4v) is 3.21. The summed E-state index contributed by atoms with van der Waals surface area (Å²) in [5, 5.41) is 3.00. The number of nitrogens with one attached hydrogen (secondary N) is 1. The van der Waals surface area contributed by atoms with Crippen molar-refractivity contribution in [1.82, 2.24) is 14.8 Å². The molecule has 1 aromatic carbocycles. The monoisotopic (exact) mass is 373 g/mol. The standard InChI is InChI=1S/C20H27N3O4/c1-22-9-3-4-18(22)19(23-10-12-26-13-11-23)14-21-20(24)15-27-17-7-5-16(25-2)6-8-17/h3-9,19H,10-15H2,1-2H3,(H,21,24). The first kappa shape index (κ1) is 19.3. The van der Waals surface area contributed by atoms with Crippen LogP contribution in [0.4, 0.5) is 0 Å². The van der Waals surface area contributed by atoms with E-state index in [0.29, 0.717) is 12.3 Å². The number of aryl methyl sites for hydroxylation is 1. The van der Waals surface area contributed by atoms with E-state index in [1.165, 1.54) is 5.69 Å². The van der Waals surface area contributed by atoms with E-state index < -0.39 is 0 Å². The van der Waals surface area contributed by atoms with Crippen LogP contribution in [0.2, 0.25) is 0 Å². The number of aromatic nitrogens is 1. The first-order chi connectivity index (χ1) is 13.2. The fraction of sp³-hybridized carbons (Fsp3) is 0.450. The van der Waals surface area contributed by atoms with Crippen molar-refractivity contribution >= 4 is 5.91 Å². The smallest absolute Gasteiger partial charge is 0.258 e. The third-order valence-electron chi connectivity index (χ3n) is 4.73. The van der Waals surface area contributed by atoms with Crippen LogP contribution in [0.3, 0.4) is 0 Å². The highest BCUT2D eigenvalue weighted by Crippen LogP contribution is 2.21. The second-order valence-corrected chi connectivity index (χ2v) is 6.48. The molecule has 0 saturated carbocycles. The van der Waals surface area contributed by atoms with Gasteiger partial charge >= 0.3 is 0 Å². The Hall–Kier alpha value is -2.51. The van der Waals surface area contributed by atoms with Gasteiger partial charge in [-0.3, -0.25) is 9.69 Å². The average molecular weight is 373 g/mol. The summed E-state index contributed by atoms with van der Waals surface area (Å²) in [6, 6.07) is 11.4. The number of benzene rings is 1. The van der Waals surface area contributed by atoms with Crippen LogP contribution in [-0.2, 0) is 16.6 Å². The van der Waals surface area contributed by atoms with Gasteiger partial charge < -0.3 is 24.1 Å². The molecule has 2 aromatic rings. The molecule has 2 heterocycles. The number of morpholine rings is 1. The fourth-order valence-electron chi connectivity index (χ4n) is 3.21. The molecule has 3 rings (SSSR count). The van der Waals surface area contributed by atoms with Gasteiger partial charge in [0.25, 0.3) is 5.91 Å². The maximum absolute atomic E-state index is 12.3. The number of amides is 1. The van der Waals surface area contributed by atoms with Crippen molar-refractivity contribution in [3.63, 3.8) is 0 Å². The Labute approximate surface area is 159 Å². The van der Waals surface area contributed by atoms with Crippen molar-refractivity contribution in [2.24, 2.45) is 7.05 Å². The number of rotatable bonds is 8. The Morgan fingerprint density at radius 2 is 1.89 bits per heavy atom. The van der Waals surface area contributed by atoms with Crippen molar-refractivity contribution < 1.29 is 19.0 Å². The second kappa shape index (κ2) is 9.43. The zero-order valence-electron chi connectivity index (χ0n) is 15.9.